The number of rotatable bonds is 21. The number of thioether (sulfide) groups is 1. The Hall–Kier alpha value is -4.76. The first kappa shape index (κ1) is 42.8. The molecule has 0 bridgehead atoms. The van der Waals surface area contributed by atoms with Gasteiger partial charge in [0.2, 0.25) is 5.79 Å². The molecule has 1 amide bonds. The van der Waals surface area contributed by atoms with Gasteiger partial charge in [0, 0.05) is 62.2 Å². The topological polar surface area (TPSA) is 175 Å². The summed E-state index contributed by atoms with van der Waals surface area (Å²) < 4.78 is 20.0. The fourth-order valence-corrected chi connectivity index (χ4v) is 10.0. The molecule has 3 aromatic rings. The summed E-state index contributed by atoms with van der Waals surface area (Å²) in [6, 6.07) is 15.8. The molecule has 0 unspecified atom stereocenters. The van der Waals surface area contributed by atoms with Crippen LogP contribution < -0.4 is 14.8 Å². The molecule has 1 fully saturated rings. The molecule has 6 atom stereocenters. The lowest BCUT2D eigenvalue weighted by molar-refractivity contribution is -0.384. The Morgan fingerprint density at radius 3 is 2.55 bits per heavy atom. The molecule has 2 aromatic carbocycles. The summed E-state index contributed by atoms with van der Waals surface area (Å²) in [5, 5.41) is 38.3. The normalized spacial score (nSPS) is 23.8. The van der Waals surface area contributed by atoms with Crippen LogP contribution in [0.1, 0.15) is 74.5 Å². The Labute approximate surface area is 344 Å². The van der Waals surface area contributed by atoms with Gasteiger partial charge in [0.15, 0.2) is 0 Å². The monoisotopic (exact) mass is 814 g/mol. The number of nitrogens with zero attached hydrogens (tertiary/aromatic N) is 3. The molecule has 1 saturated carbocycles. The van der Waals surface area contributed by atoms with Crippen LogP contribution in [0.2, 0.25) is 0 Å². The van der Waals surface area contributed by atoms with E-state index in [1.807, 2.05) is 31.2 Å². The third kappa shape index (κ3) is 10.1. The van der Waals surface area contributed by atoms with Gasteiger partial charge >= 0.3 is 6.09 Å². The molecular weight excluding hydrogens is 761 g/mol. The number of nitro groups is 1. The van der Waals surface area contributed by atoms with Crippen molar-refractivity contribution in [3.63, 3.8) is 0 Å². The summed E-state index contributed by atoms with van der Waals surface area (Å²) >= 11 is 1.77. The van der Waals surface area contributed by atoms with E-state index in [9.17, 15) is 25.1 Å². The maximum atomic E-state index is 12.7. The number of oxime groups is 1. The molecule has 3 N–H and O–H groups in total. The summed E-state index contributed by atoms with van der Waals surface area (Å²) in [4.78, 5) is 33.8. The molecule has 58 heavy (non-hydrogen) atoms. The zero-order valence-electron chi connectivity index (χ0n) is 33.0. The van der Waals surface area contributed by atoms with E-state index in [4.69, 9.17) is 24.2 Å². The number of allylic oxidation sites excluding steroid dienone is 1. The molecule has 3 aliphatic rings. The second-order valence-electron chi connectivity index (χ2n) is 14.8. The average Bonchev–Trinajstić information content (AvgIpc) is 3.23. The van der Waals surface area contributed by atoms with Gasteiger partial charge in [-0.2, -0.15) is 11.8 Å². The molecule has 1 aromatic heterocycles. The minimum Gasteiger partial charge on any atom is -0.460 e. The van der Waals surface area contributed by atoms with E-state index in [0.717, 1.165) is 60.3 Å². The van der Waals surface area contributed by atoms with Crippen molar-refractivity contribution in [3.05, 3.63) is 118 Å². The van der Waals surface area contributed by atoms with Crippen molar-refractivity contribution in [2.45, 2.75) is 81.9 Å². The number of aliphatic hydroxyl groups excluding tert-OH is 2. The van der Waals surface area contributed by atoms with Gasteiger partial charge in [-0.05, 0) is 116 Å². The number of hydrogen-bond donors (Lipinski definition) is 3. The summed E-state index contributed by atoms with van der Waals surface area (Å²) in [5.74, 6) is 0.296. The van der Waals surface area contributed by atoms with Gasteiger partial charge in [-0.15, -0.1) is 6.58 Å². The molecule has 2 heterocycles. The van der Waals surface area contributed by atoms with Crippen LogP contribution in [0.15, 0.2) is 96.5 Å². The van der Waals surface area contributed by atoms with Gasteiger partial charge in [0.25, 0.3) is 5.69 Å². The zero-order chi connectivity index (χ0) is 40.9. The summed E-state index contributed by atoms with van der Waals surface area (Å²) in [6.07, 6.45) is 13.0. The minimum absolute atomic E-state index is 0.00107. The fourth-order valence-electron chi connectivity index (χ4n) is 8.59. The number of pyridine rings is 1. The summed E-state index contributed by atoms with van der Waals surface area (Å²) in [5.41, 5.74) is 4.57. The number of non-ortho nitro benzene ring substituents is 1. The molecule has 2 aliphatic carbocycles. The molecule has 14 heteroatoms. The van der Waals surface area contributed by atoms with Gasteiger partial charge in [0.1, 0.15) is 18.1 Å². The number of hydrogen-bond acceptors (Lipinski definition) is 12. The summed E-state index contributed by atoms with van der Waals surface area (Å²) in [7, 11) is 0. The van der Waals surface area contributed by atoms with Crippen LogP contribution in [0.25, 0.3) is 0 Å². The maximum Gasteiger partial charge on any atom is 0.412 e. The van der Waals surface area contributed by atoms with E-state index >= 15 is 0 Å². The van der Waals surface area contributed by atoms with Crippen molar-refractivity contribution in [1.29, 1.82) is 0 Å². The third-order valence-corrected chi connectivity index (χ3v) is 12.5. The number of nitrogens with one attached hydrogen (secondary N) is 1. The van der Waals surface area contributed by atoms with Crippen LogP contribution in [0.3, 0.4) is 0 Å². The molecule has 0 saturated heterocycles. The van der Waals surface area contributed by atoms with Crippen LogP contribution in [-0.4, -0.2) is 75.1 Å². The quantitative estimate of drug-likeness (QED) is 0.0413. The highest BCUT2D eigenvalue weighted by molar-refractivity contribution is 8.00. The number of aliphatic hydroxyl groups is 2. The number of benzene rings is 2. The first-order valence-electron chi connectivity index (χ1n) is 20.2. The number of unbranched alkanes of at least 4 members (excludes halogenated alkanes) is 2. The summed E-state index contributed by atoms with van der Waals surface area (Å²) in [6.45, 7) is 6.81. The van der Waals surface area contributed by atoms with Gasteiger partial charge in [0.05, 0.1) is 28.4 Å². The number of carbonyl (C=O) groups excluding carboxylic acids is 1. The number of fused-ring (bicyclic) bond motifs is 2. The predicted octanol–water partition coefficient (Wildman–Crippen LogP) is 7.91. The number of amides is 1. The Kier molecular flexibility index (Phi) is 15.3. The lowest BCUT2D eigenvalue weighted by atomic mass is 9.56. The Balaban J connectivity index is 1.48. The molecular formula is C44H54N4O9S. The fraction of sp³-hybridized carbons (Fsp3) is 0.477. The van der Waals surface area contributed by atoms with E-state index in [1.165, 1.54) is 17.7 Å². The average molecular weight is 815 g/mol. The molecule has 0 radical (unpaired) electrons. The van der Waals surface area contributed by atoms with Crippen LogP contribution in [0.4, 0.5) is 10.5 Å². The first-order chi connectivity index (χ1) is 28.3. The van der Waals surface area contributed by atoms with Gasteiger partial charge in [-0.3, -0.25) is 15.1 Å². The van der Waals surface area contributed by atoms with Gasteiger partial charge in [-0.25, -0.2) is 4.79 Å². The number of carbonyl (C=O) groups is 1. The predicted molar refractivity (Wildman–Crippen MR) is 223 cm³/mol. The smallest absolute Gasteiger partial charge is 0.412 e. The van der Waals surface area contributed by atoms with Crippen LogP contribution in [-0.2, 0) is 22.6 Å². The third-order valence-electron chi connectivity index (χ3n) is 11.2. The standard InChI is InChI=1S/C44H54N4O9S/c1-3-24-54-44-40(58-25-19-30-17-20-45-21-18-30)28-38(47-55-29-31-11-13-33(14-12-31)48(52)53)36-26-32(9-5-7-22-49)35(10-6-8-23-50)41(42(36)44)37-27-34(15-16-39(37)57-44)56-43(51)46-4-2/h3,11-18,20-21,26-27,32,35,40-42,49-50H,1,4-10,19,22-25,28-29H2,2H3,(H,46,51)/t32-,35+,40-,41+,42+,44+/m0/s1. The molecule has 1 aliphatic heterocycles. The van der Waals surface area contributed by atoms with Crippen molar-refractivity contribution < 1.29 is 39.0 Å². The van der Waals surface area contributed by atoms with Crippen molar-refractivity contribution in [2.24, 2.45) is 22.9 Å². The molecule has 6 rings (SSSR count). The van der Waals surface area contributed by atoms with Crippen molar-refractivity contribution >= 4 is 29.3 Å². The number of ether oxygens (including phenoxy) is 3. The van der Waals surface area contributed by atoms with Gasteiger partial charge < -0.3 is 34.6 Å². The lowest BCUT2D eigenvalue weighted by Crippen LogP contribution is -2.64. The lowest BCUT2D eigenvalue weighted by Gasteiger charge is -2.58. The van der Waals surface area contributed by atoms with Crippen LogP contribution >= 0.6 is 11.8 Å². The Morgan fingerprint density at radius 1 is 1.09 bits per heavy atom. The van der Waals surface area contributed by atoms with Crippen LogP contribution in [0, 0.1) is 27.9 Å². The van der Waals surface area contributed by atoms with E-state index in [0.29, 0.717) is 37.3 Å². The largest absolute Gasteiger partial charge is 0.460 e. The Morgan fingerprint density at radius 2 is 1.84 bits per heavy atom. The van der Waals surface area contributed by atoms with E-state index in [2.05, 4.69) is 23.0 Å². The first-order valence-corrected chi connectivity index (χ1v) is 21.3. The van der Waals surface area contributed by atoms with Gasteiger partial charge in [-0.1, -0.05) is 30.1 Å². The molecule has 13 nitrogen and oxygen atoms in total. The number of aromatic nitrogens is 1. The number of aryl methyl sites for hydroxylation is 1. The maximum absolute atomic E-state index is 12.7. The molecule has 0 spiro atoms. The minimum atomic E-state index is -1.15. The zero-order valence-corrected chi connectivity index (χ0v) is 33.8. The SMILES string of the molecule is C=CCO[C@@]12Oc3ccc(OC(=O)NCC)cc3[C@H]3[C@H](CCCCO)[C@@H](CCCCO)C=C(C(=NOCc4ccc([N+](=O)[O-])cc4)C[C@@H]1SCCc1ccncc1)[C@H]32. The van der Waals surface area contributed by atoms with Crippen molar-refractivity contribution in [2.75, 3.05) is 32.1 Å². The highest BCUT2D eigenvalue weighted by Crippen LogP contribution is 2.62. The van der Waals surface area contributed by atoms with E-state index in [1.54, 1.807) is 48.4 Å². The van der Waals surface area contributed by atoms with E-state index < -0.39 is 16.8 Å². The van der Waals surface area contributed by atoms with E-state index in [-0.39, 0.29) is 61.0 Å². The molecule has 310 valence electrons. The second kappa shape index (κ2) is 20.8. The Bertz CT molecular complexity index is 1910. The number of nitro benzene ring substituents is 1. The van der Waals surface area contributed by atoms with Crippen molar-refractivity contribution in [1.82, 2.24) is 10.3 Å². The second-order valence-corrected chi connectivity index (χ2v) is 16.1. The highest BCUT2D eigenvalue weighted by atomic mass is 32.2. The van der Waals surface area contributed by atoms with Crippen LogP contribution in [0.5, 0.6) is 11.5 Å². The van der Waals surface area contributed by atoms with Crippen molar-refractivity contribution in [3.8, 4) is 11.5 Å². The highest BCUT2D eigenvalue weighted by Gasteiger charge is 2.64.